The smallest absolute Gasteiger partial charge is 0.338 e. The van der Waals surface area contributed by atoms with E-state index in [0.29, 0.717) is 11.3 Å². The van der Waals surface area contributed by atoms with Gasteiger partial charge in [-0.25, -0.2) is 4.79 Å². The summed E-state index contributed by atoms with van der Waals surface area (Å²) in [6.45, 7) is 3.87. The second kappa shape index (κ2) is 5.72. The summed E-state index contributed by atoms with van der Waals surface area (Å²) in [5, 5.41) is 3.86. The molecule has 1 aliphatic rings. The van der Waals surface area contributed by atoms with Crippen LogP contribution >= 0.6 is 0 Å². The normalized spacial score (nSPS) is 13.8. The largest absolute Gasteiger partial charge is 0.457 e. The topological polar surface area (TPSA) is 52.3 Å². The maximum absolute atomic E-state index is 12.2. The highest BCUT2D eigenvalue weighted by Crippen LogP contribution is 2.23. The van der Waals surface area contributed by atoms with Crippen LogP contribution in [-0.2, 0) is 24.2 Å². The van der Waals surface area contributed by atoms with E-state index in [1.54, 1.807) is 0 Å². The lowest BCUT2D eigenvalue weighted by atomic mass is 9.90. The van der Waals surface area contributed by atoms with E-state index in [2.05, 4.69) is 11.2 Å². The van der Waals surface area contributed by atoms with E-state index in [1.807, 2.05) is 26.0 Å². The summed E-state index contributed by atoms with van der Waals surface area (Å²) >= 11 is 0. The average molecular weight is 285 g/mol. The third-order valence-corrected chi connectivity index (χ3v) is 4.11. The lowest BCUT2D eigenvalue weighted by Gasteiger charge is -2.16. The van der Waals surface area contributed by atoms with Gasteiger partial charge in [0.25, 0.3) is 0 Å². The number of ether oxygens (including phenoxy) is 1. The third kappa shape index (κ3) is 2.84. The van der Waals surface area contributed by atoms with E-state index in [4.69, 9.17) is 9.26 Å². The molecule has 1 aromatic carbocycles. The van der Waals surface area contributed by atoms with E-state index in [-0.39, 0.29) is 12.6 Å². The minimum atomic E-state index is -0.289. The summed E-state index contributed by atoms with van der Waals surface area (Å²) in [7, 11) is 0. The Hall–Kier alpha value is -2.10. The molecule has 21 heavy (non-hydrogen) atoms. The predicted molar refractivity (Wildman–Crippen MR) is 78.2 cm³/mol. The molecule has 0 aliphatic heterocycles. The number of rotatable bonds is 3. The number of benzene rings is 1. The predicted octanol–water partition coefficient (Wildman–Crippen LogP) is 3.53. The molecule has 0 saturated carbocycles. The van der Waals surface area contributed by atoms with Gasteiger partial charge in [-0.3, -0.25) is 0 Å². The molecule has 0 radical (unpaired) electrons. The van der Waals surface area contributed by atoms with E-state index < -0.39 is 0 Å². The summed E-state index contributed by atoms with van der Waals surface area (Å²) in [6.07, 6.45) is 4.61. The molecule has 0 unspecified atom stereocenters. The molecule has 0 fully saturated rings. The third-order valence-electron chi connectivity index (χ3n) is 4.11. The monoisotopic (exact) mass is 285 g/mol. The van der Waals surface area contributed by atoms with Crippen molar-refractivity contribution < 1.29 is 14.1 Å². The summed E-state index contributed by atoms with van der Waals surface area (Å²) in [5.41, 5.74) is 4.89. The van der Waals surface area contributed by atoms with E-state index >= 15 is 0 Å². The highest BCUT2D eigenvalue weighted by molar-refractivity contribution is 5.89. The number of aryl methyl sites for hydroxylation is 4. The van der Waals surface area contributed by atoms with Crippen LogP contribution in [0.5, 0.6) is 0 Å². The number of hydrogen-bond donors (Lipinski definition) is 0. The summed E-state index contributed by atoms with van der Waals surface area (Å²) in [5.74, 6) is 0.411. The van der Waals surface area contributed by atoms with Gasteiger partial charge < -0.3 is 9.26 Å². The van der Waals surface area contributed by atoms with Gasteiger partial charge in [0, 0.05) is 0 Å². The molecule has 0 saturated heterocycles. The van der Waals surface area contributed by atoms with Crippen LogP contribution < -0.4 is 0 Å². The molecule has 4 heteroatoms. The van der Waals surface area contributed by atoms with Gasteiger partial charge >= 0.3 is 5.97 Å². The number of hydrogen-bond acceptors (Lipinski definition) is 4. The number of fused-ring (bicyclic) bond motifs is 1. The fraction of sp³-hybridized carbons (Fsp3) is 0.412. The minimum absolute atomic E-state index is 0.205. The first kappa shape index (κ1) is 13.9. The Kier molecular flexibility index (Phi) is 3.78. The quantitative estimate of drug-likeness (QED) is 0.810. The first-order valence-corrected chi connectivity index (χ1v) is 7.36. The summed E-state index contributed by atoms with van der Waals surface area (Å²) in [6, 6.07) is 5.89. The van der Waals surface area contributed by atoms with Gasteiger partial charge in [0.05, 0.1) is 16.8 Å². The average Bonchev–Trinajstić information content (AvgIpc) is 2.83. The maximum Gasteiger partial charge on any atom is 0.338 e. The zero-order valence-corrected chi connectivity index (χ0v) is 12.4. The van der Waals surface area contributed by atoms with E-state index in [0.717, 1.165) is 24.1 Å². The molecule has 3 rings (SSSR count). The van der Waals surface area contributed by atoms with Gasteiger partial charge in [-0.2, -0.15) is 0 Å². The zero-order chi connectivity index (χ0) is 14.8. The van der Waals surface area contributed by atoms with Crippen LogP contribution in [0.4, 0.5) is 0 Å². The number of aromatic nitrogens is 1. The van der Waals surface area contributed by atoms with Crippen molar-refractivity contribution in [3.05, 3.63) is 51.9 Å². The van der Waals surface area contributed by atoms with Crippen LogP contribution in [0.15, 0.2) is 22.7 Å². The molecule has 1 aromatic heterocycles. The van der Waals surface area contributed by atoms with E-state index in [9.17, 15) is 4.79 Å². The van der Waals surface area contributed by atoms with Crippen LogP contribution in [0.3, 0.4) is 0 Å². The Balaban J connectivity index is 1.71. The van der Waals surface area contributed by atoms with Crippen molar-refractivity contribution in [3.8, 4) is 0 Å². The molecule has 1 heterocycles. The molecule has 1 aliphatic carbocycles. The second-order valence-corrected chi connectivity index (χ2v) is 5.57. The molecule has 0 spiro atoms. The van der Waals surface area contributed by atoms with Gasteiger partial charge in [-0.05, 0) is 62.8 Å². The maximum atomic E-state index is 12.2. The molecule has 0 atom stereocenters. The Bertz CT molecular complexity index is 653. The SMILES string of the molecule is Cc1noc(C)c1COC(=O)c1ccc2c(c1)CCCC2. The number of esters is 1. The first-order valence-electron chi connectivity index (χ1n) is 7.36. The molecule has 4 nitrogen and oxygen atoms in total. The Morgan fingerprint density at radius 3 is 2.71 bits per heavy atom. The van der Waals surface area contributed by atoms with E-state index in [1.165, 1.54) is 24.0 Å². The Morgan fingerprint density at radius 1 is 1.24 bits per heavy atom. The van der Waals surface area contributed by atoms with Crippen LogP contribution in [-0.4, -0.2) is 11.1 Å². The fourth-order valence-electron chi connectivity index (χ4n) is 2.79. The van der Waals surface area contributed by atoms with Crippen molar-refractivity contribution in [3.63, 3.8) is 0 Å². The highest BCUT2D eigenvalue weighted by Gasteiger charge is 2.15. The minimum Gasteiger partial charge on any atom is -0.457 e. The molecule has 2 aromatic rings. The van der Waals surface area contributed by atoms with Gasteiger partial charge in [0.1, 0.15) is 12.4 Å². The van der Waals surface area contributed by atoms with Crippen molar-refractivity contribution in [2.24, 2.45) is 0 Å². The molecule has 0 N–H and O–H groups in total. The lowest BCUT2D eigenvalue weighted by molar-refractivity contribution is 0.0470. The van der Waals surface area contributed by atoms with Gasteiger partial charge in [0.15, 0.2) is 0 Å². The van der Waals surface area contributed by atoms with Gasteiger partial charge in [-0.1, -0.05) is 11.2 Å². The second-order valence-electron chi connectivity index (χ2n) is 5.57. The lowest BCUT2D eigenvalue weighted by Crippen LogP contribution is -2.09. The number of carbonyl (C=O) groups excluding carboxylic acids is 1. The first-order chi connectivity index (χ1) is 10.1. The Labute approximate surface area is 124 Å². The molecule has 0 amide bonds. The Morgan fingerprint density at radius 2 is 2.00 bits per heavy atom. The van der Waals surface area contributed by atoms with Crippen LogP contribution in [0, 0.1) is 13.8 Å². The molecular formula is C17H19NO3. The van der Waals surface area contributed by atoms with Crippen molar-refractivity contribution >= 4 is 5.97 Å². The zero-order valence-electron chi connectivity index (χ0n) is 12.4. The number of nitrogens with zero attached hydrogens (tertiary/aromatic N) is 1. The van der Waals surface area contributed by atoms with Crippen LogP contribution in [0.1, 0.15) is 51.3 Å². The van der Waals surface area contributed by atoms with Crippen molar-refractivity contribution in [1.82, 2.24) is 5.16 Å². The summed E-state index contributed by atoms with van der Waals surface area (Å²) in [4.78, 5) is 12.2. The van der Waals surface area contributed by atoms with Crippen LogP contribution in [0.25, 0.3) is 0 Å². The molecule has 110 valence electrons. The van der Waals surface area contributed by atoms with Crippen molar-refractivity contribution in [1.29, 1.82) is 0 Å². The fourth-order valence-corrected chi connectivity index (χ4v) is 2.79. The molecular weight excluding hydrogens is 266 g/mol. The highest BCUT2D eigenvalue weighted by atomic mass is 16.5. The van der Waals surface area contributed by atoms with Gasteiger partial charge in [-0.15, -0.1) is 0 Å². The van der Waals surface area contributed by atoms with Gasteiger partial charge in [0.2, 0.25) is 0 Å². The van der Waals surface area contributed by atoms with Crippen molar-refractivity contribution in [2.45, 2.75) is 46.1 Å². The van der Waals surface area contributed by atoms with Crippen molar-refractivity contribution in [2.75, 3.05) is 0 Å². The molecule has 0 bridgehead atoms. The summed E-state index contributed by atoms with van der Waals surface area (Å²) < 4.78 is 10.5. The number of carbonyl (C=O) groups is 1. The standard InChI is InChI=1S/C17H19NO3/c1-11-16(12(2)21-18-11)10-20-17(19)15-8-7-13-5-3-4-6-14(13)9-15/h7-9H,3-6,10H2,1-2H3. The van der Waals surface area contributed by atoms with Crippen LogP contribution in [0.2, 0.25) is 0 Å².